The van der Waals surface area contributed by atoms with E-state index < -0.39 is 14.5 Å². The molecule has 3 heteroatoms. The summed E-state index contributed by atoms with van der Waals surface area (Å²) in [6, 6.07) is 0. The molecule has 0 aliphatic rings. The molecule has 1 unspecified atom stereocenters. The second-order valence-electron chi connectivity index (χ2n) is 6.19. The van der Waals surface area contributed by atoms with Crippen LogP contribution in [0.1, 0.15) is 91.9 Å². The summed E-state index contributed by atoms with van der Waals surface area (Å²) < 4.78 is 12.4. The van der Waals surface area contributed by atoms with Gasteiger partial charge in [0, 0.05) is 6.61 Å². The lowest BCUT2D eigenvalue weighted by Crippen LogP contribution is -2.28. The second-order valence-corrected chi connectivity index (χ2v) is 8.86. The monoisotopic (exact) mass is 314 g/mol. The number of ether oxygens (including phenoxy) is 1. The molecule has 0 saturated carbocycles. The lowest BCUT2D eigenvalue weighted by Gasteiger charge is -2.23. The fourth-order valence-corrected chi connectivity index (χ4v) is 5.16. The van der Waals surface area contributed by atoms with Crippen molar-refractivity contribution < 1.29 is 8.53 Å². The largest absolute Gasteiger partial charge is 0.478 e. The Morgan fingerprint density at radius 2 is 1.33 bits per heavy atom. The number of hydrogen-bond donors (Lipinski definition) is 0. The maximum absolute atomic E-state index is 6.33. The second kappa shape index (κ2) is 16.8. The van der Waals surface area contributed by atoms with Crippen molar-refractivity contribution in [1.82, 2.24) is 0 Å². The summed E-state index contributed by atoms with van der Waals surface area (Å²) in [5.41, 5.74) is 0. The van der Waals surface area contributed by atoms with Crippen molar-refractivity contribution in [2.24, 2.45) is 0 Å². The molecule has 0 bridgehead atoms. The Labute approximate surface area is 138 Å². The van der Waals surface area contributed by atoms with Crippen molar-refractivity contribution in [2.45, 2.75) is 109 Å². The highest BCUT2D eigenvalue weighted by Gasteiger charge is 2.22. The van der Waals surface area contributed by atoms with Crippen LogP contribution in [0.15, 0.2) is 0 Å². The van der Waals surface area contributed by atoms with Crippen LogP contribution in [-0.4, -0.2) is 27.4 Å². The van der Waals surface area contributed by atoms with Gasteiger partial charge in [-0.1, -0.05) is 89.6 Å². The third kappa shape index (κ3) is 13.8. The zero-order valence-electron chi connectivity index (χ0n) is 15.2. The molecular weight excluding hydrogens is 275 g/mol. The lowest BCUT2D eigenvalue weighted by molar-refractivity contribution is -0.0888. The van der Waals surface area contributed by atoms with E-state index in [0.29, 0.717) is 0 Å². The predicted octanol–water partition coefficient (Wildman–Crippen LogP) is 6.32. The van der Waals surface area contributed by atoms with Crippen LogP contribution in [0.25, 0.3) is 0 Å². The van der Waals surface area contributed by atoms with Crippen molar-refractivity contribution >= 4 is 14.5 Å². The molecule has 0 amide bonds. The summed E-state index contributed by atoms with van der Waals surface area (Å²) in [4.78, 5) is 0. The molecular formula is C18H39AlO2. The molecule has 2 nitrogen and oxygen atoms in total. The highest BCUT2D eigenvalue weighted by atomic mass is 27.2. The van der Waals surface area contributed by atoms with Gasteiger partial charge in [-0.15, -0.1) is 0 Å². The first-order chi connectivity index (χ1) is 10.3. The molecule has 0 saturated heterocycles. The minimum absolute atomic E-state index is 0.0837. The summed E-state index contributed by atoms with van der Waals surface area (Å²) in [5.74, 6) is 0. The van der Waals surface area contributed by atoms with Crippen molar-refractivity contribution in [3.8, 4) is 0 Å². The van der Waals surface area contributed by atoms with Crippen LogP contribution in [0, 0.1) is 0 Å². The molecule has 21 heavy (non-hydrogen) atoms. The van der Waals surface area contributed by atoms with Gasteiger partial charge in [0.15, 0.2) is 0 Å². The SMILES string of the molecule is CCCCCCCCOC(CCC)[O][Al]([CH2]CC)[CH2]CC. The van der Waals surface area contributed by atoms with E-state index in [2.05, 4.69) is 27.7 Å². The number of rotatable bonds is 16. The van der Waals surface area contributed by atoms with E-state index >= 15 is 0 Å². The average Bonchev–Trinajstić information content (AvgIpc) is 2.47. The van der Waals surface area contributed by atoms with Crippen molar-refractivity contribution in [3.05, 3.63) is 0 Å². The minimum Gasteiger partial charge on any atom is -0.478 e. The van der Waals surface area contributed by atoms with E-state index in [1.54, 1.807) is 0 Å². The number of hydrogen-bond acceptors (Lipinski definition) is 2. The van der Waals surface area contributed by atoms with Gasteiger partial charge in [-0.3, -0.25) is 0 Å². The summed E-state index contributed by atoms with van der Waals surface area (Å²) in [6.07, 6.45) is 12.8. The van der Waals surface area contributed by atoms with Crippen LogP contribution in [-0.2, 0) is 8.53 Å². The molecule has 0 aliphatic carbocycles. The van der Waals surface area contributed by atoms with Crippen LogP contribution in [0.5, 0.6) is 0 Å². The quantitative estimate of drug-likeness (QED) is 0.188. The first-order valence-electron chi connectivity index (χ1n) is 9.55. The van der Waals surface area contributed by atoms with Gasteiger partial charge >= 0.3 is 14.5 Å². The van der Waals surface area contributed by atoms with Gasteiger partial charge in [0.05, 0.1) is 0 Å². The van der Waals surface area contributed by atoms with Gasteiger partial charge in [-0.2, -0.15) is 0 Å². The molecule has 0 aromatic carbocycles. The Morgan fingerprint density at radius 1 is 0.714 bits per heavy atom. The normalized spacial score (nSPS) is 12.6. The Bertz CT molecular complexity index is 194. The van der Waals surface area contributed by atoms with E-state index in [1.807, 2.05) is 0 Å². The predicted molar refractivity (Wildman–Crippen MR) is 95.1 cm³/mol. The third-order valence-electron chi connectivity index (χ3n) is 3.89. The van der Waals surface area contributed by atoms with E-state index in [1.165, 1.54) is 61.9 Å². The zero-order valence-corrected chi connectivity index (χ0v) is 16.3. The van der Waals surface area contributed by atoms with Gasteiger partial charge < -0.3 is 8.53 Å². The van der Waals surface area contributed by atoms with Gasteiger partial charge in [0.25, 0.3) is 0 Å². The van der Waals surface area contributed by atoms with Gasteiger partial charge in [0.1, 0.15) is 6.29 Å². The van der Waals surface area contributed by atoms with E-state index in [9.17, 15) is 0 Å². The Balaban J connectivity index is 3.83. The molecule has 0 aromatic rings. The smallest absolute Gasteiger partial charge is 0.462 e. The fourth-order valence-electron chi connectivity index (χ4n) is 2.66. The lowest BCUT2D eigenvalue weighted by atomic mass is 10.1. The van der Waals surface area contributed by atoms with E-state index in [-0.39, 0.29) is 6.29 Å². The van der Waals surface area contributed by atoms with Crippen LogP contribution in [0.3, 0.4) is 0 Å². The maximum Gasteiger partial charge on any atom is 0.462 e. The molecule has 0 N–H and O–H groups in total. The zero-order chi connectivity index (χ0) is 15.8. The maximum atomic E-state index is 6.33. The standard InChI is InChI=1S/C12H25O2.2C3H7.Al/c1-3-5-6-7-8-9-11-14-12(13)10-4-2;2*1-3-2;/h12H,3-11H2,1-2H3;2*1,3H2,2H3;/q-1;;;+1. The van der Waals surface area contributed by atoms with Crippen LogP contribution in [0.2, 0.25) is 10.6 Å². The number of unbranched alkanes of at least 4 members (excludes halogenated alkanes) is 5. The molecule has 0 rings (SSSR count). The Hall–Kier alpha value is 0.452. The van der Waals surface area contributed by atoms with Gasteiger partial charge in [-0.25, -0.2) is 0 Å². The summed E-state index contributed by atoms with van der Waals surface area (Å²) in [5, 5.41) is 2.60. The average molecular weight is 314 g/mol. The fraction of sp³-hybridized carbons (Fsp3) is 1.00. The van der Waals surface area contributed by atoms with Crippen LogP contribution in [0.4, 0.5) is 0 Å². The summed E-state index contributed by atoms with van der Waals surface area (Å²) in [7, 11) is 0. The molecule has 0 spiro atoms. The van der Waals surface area contributed by atoms with Crippen molar-refractivity contribution in [2.75, 3.05) is 6.61 Å². The van der Waals surface area contributed by atoms with E-state index in [0.717, 1.165) is 19.4 Å². The highest BCUT2D eigenvalue weighted by Crippen LogP contribution is 2.15. The first kappa shape index (κ1) is 21.5. The Morgan fingerprint density at radius 3 is 1.90 bits per heavy atom. The molecule has 0 heterocycles. The summed E-state index contributed by atoms with van der Waals surface area (Å²) >= 11 is -1.02. The van der Waals surface area contributed by atoms with Crippen molar-refractivity contribution in [1.29, 1.82) is 0 Å². The van der Waals surface area contributed by atoms with Gasteiger partial charge in [-0.05, 0) is 12.8 Å². The van der Waals surface area contributed by atoms with E-state index in [4.69, 9.17) is 8.53 Å². The van der Waals surface area contributed by atoms with Crippen LogP contribution < -0.4 is 0 Å². The van der Waals surface area contributed by atoms with Gasteiger partial charge in [0.2, 0.25) is 0 Å². The Kier molecular flexibility index (Phi) is 17.2. The summed E-state index contributed by atoms with van der Waals surface area (Å²) in [6.45, 7) is 9.91. The minimum atomic E-state index is -1.02. The molecule has 1 atom stereocenters. The molecule has 126 valence electrons. The topological polar surface area (TPSA) is 18.5 Å². The first-order valence-corrected chi connectivity index (χ1v) is 11.7. The third-order valence-corrected chi connectivity index (χ3v) is 7.02. The molecule has 0 fully saturated rings. The van der Waals surface area contributed by atoms with Crippen LogP contribution >= 0.6 is 0 Å². The highest BCUT2D eigenvalue weighted by molar-refractivity contribution is 6.51. The molecule has 0 radical (unpaired) electrons. The molecule has 0 aromatic heterocycles. The molecule has 0 aliphatic heterocycles. The van der Waals surface area contributed by atoms with Crippen molar-refractivity contribution in [3.63, 3.8) is 0 Å².